The van der Waals surface area contributed by atoms with Crippen molar-refractivity contribution in [1.82, 2.24) is 15.1 Å². The minimum absolute atomic E-state index is 0.00608. The molecule has 0 radical (unpaired) electrons. The molecule has 0 aromatic heterocycles. The highest BCUT2D eigenvalue weighted by Gasteiger charge is 2.36. The van der Waals surface area contributed by atoms with Crippen LogP contribution in [0.2, 0.25) is 0 Å². The van der Waals surface area contributed by atoms with Gasteiger partial charge in [0.2, 0.25) is 5.91 Å². The summed E-state index contributed by atoms with van der Waals surface area (Å²) < 4.78 is 5.18. The van der Waals surface area contributed by atoms with Crippen LogP contribution < -0.4 is 10.1 Å². The Morgan fingerprint density at radius 2 is 1.54 bits per heavy atom. The number of likely N-dealkylation sites (tertiary alicyclic amines) is 2. The first-order valence-electron chi connectivity index (χ1n) is 12.6. The summed E-state index contributed by atoms with van der Waals surface area (Å²) in [6, 6.07) is 14.0. The van der Waals surface area contributed by atoms with E-state index in [0.717, 1.165) is 37.9 Å². The summed E-state index contributed by atoms with van der Waals surface area (Å²) in [5, 5.41) is 3.08. The predicted molar refractivity (Wildman–Crippen MR) is 134 cm³/mol. The summed E-state index contributed by atoms with van der Waals surface area (Å²) >= 11 is 0. The predicted octanol–water partition coefficient (Wildman–Crippen LogP) is 3.67. The molecule has 2 saturated heterocycles. The zero-order valence-electron chi connectivity index (χ0n) is 20.7. The van der Waals surface area contributed by atoms with Crippen molar-refractivity contribution < 1.29 is 19.1 Å². The van der Waals surface area contributed by atoms with Gasteiger partial charge in [0.25, 0.3) is 11.8 Å². The van der Waals surface area contributed by atoms with Crippen molar-refractivity contribution in [3.8, 4) is 5.75 Å². The zero-order chi connectivity index (χ0) is 24.8. The Bertz CT molecular complexity index is 1040. The lowest BCUT2D eigenvalue weighted by Gasteiger charge is -2.38. The highest BCUT2D eigenvalue weighted by molar-refractivity contribution is 5.99. The van der Waals surface area contributed by atoms with E-state index in [1.54, 1.807) is 37.4 Å². The van der Waals surface area contributed by atoms with Crippen molar-refractivity contribution >= 4 is 17.7 Å². The van der Waals surface area contributed by atoms with E-state index in [-0.39, 0.29) is 23.6 Å². The molecule has 2 aromatic carbocycles. The van der Waals surface area contributed by atoms with E-state index >= 15 is 0 Å². The van der Waals surface area contributed by atoms with Gasteiger partial charge in [-0.15, -0.1) is 0 Å². The summed E-state index contributed by atoms with van der Waals surface area (Å²) in [5.74, 6) is 0.469. The van der Waals surface area contributed by atoms with Crippen LogP contribution in [0.4, 0.5) is 0 Å². The fourth-order valence-corrected chi connectivity index (χ4v) is 5.09. The quantitative estimate of drug-likeness (QED) is 0.689. The molecule has 2 aliphatic rings. The summed E-state index contributed by atoms with van der Waals surface area (Å²) in [6.45, 7) is 4.49. The number of hydrogen-bond donors (Lipinski definition) is 1. The molecule has 7 nitrogen and oxygen atoms in total. The van der Waals surface area contributed by atoms with Crippen LogP contribution in [0.25, 0.3) is 0 Å². The van der Waals surface area contributed by atoms with Gasteiger partial charge in [-0.2, -0.15) is 0 Å². The number of aryl methyl sites for hydroxylation is 1. The highest BCUT2D eigenvalue weighted by atomic mass is 16.5. The van der Waals surface area contributed by atoms with Crippen LogP contribution in [0, 0.1) is 12.8 Å². The molecule has 1 unspecified atom stereocenters. The third-order valence-corrected chi connectivity index (χ3v) is 7.25. The van der Waals surface area contributed by atoms with E-state index in [0.29, 0.717) is 42.8 Å². The molecule has 2 aromatic rings. The molecule has 0 aliphatic carbocycles. The number of nitrogens with one attached hydrogen (secondary N) is 1. The van der Waals surface area contributed by atoms with Crippen molar-refractivity contribution in [2.75, 3.05) is 33.3 Å². The van der Waals surface area contributed by atoms with Gasteiger partial charge in [0, 0.05) is 37.3 Å². The van der Waals surface area contributed by atoms with Gasteiger partial charge in [0.1, 0.15) is 11.8 Å². The van der Waals surface area contributed by atoms with Crippen LogP contribution >= 0.6 is 0 Å². The van der Waals surface area contributed by atoms with E-state index in [1.165, 1.54) is 0 Å². The molecule has 0 spiro atoms. The molecule has 3 amide bonds. The lowest BCUT2D eigenvalue weighted by atomic mass is 9.87. The molecule has 0 bridgehead atoms. The summed E-state index contributed by atoms with van der Waals surface area (Å²) in [6.07, 6.45) is 4.47. The van der Waals surface area contributed by atoms with Gasteiger partial charge in [-0.05, 0) is 80.8 Å². The van der Waals surface area contributed by atoms with Gasteiger partial charge in [-0.3, -0.25) is 14.4 Å². The molecule has 1 atom stereocenters. The smallest absolute Gasteiger partial charge is 0.253 e. The van der Waals surface area contributed by atoms with Crippen molar-refractivity contribution in [2.45, 2.75) is 45.1 Å². The molecule has 2 fully saturated rings. The lowest BCUT2D eigenvalue weighted by molar-refractivity contribution is -0.136. The largest absolute Gasteiger partial charge is 0.497 e. The summed E-state index contributed by atoms with van der Waals surface area (Å²) in [5.41, 5.74) is 2.10. The Morgan fingerprint density at radius 3 is 2.17 bits per heavy atom. The highest BCUT2D eigenvalue weighted by Crippen LogP contribution is 2.25. The maximum atomic E-state index is 13.6. The fourth-order valence-electron chi connectivity index (χ4n) is 5.09. The van der Waals surface area contributed by atoms with E-state index in [1.807, 2.05) is 34.9 Å². The molecular formula is C28H35N3O4. The molecule has 2 aliphatic heterocycles. The van der Waals surface area contributed by atoms with Crippen LogP contribution in [-0.2, 0) is 4.79 Å². The summed E-state index contributed by atoms with van der Waals surface area (Å²) in [7, 11) is 1.60. The minimum atomic E-state index is -0.585. The Balaban J connectivity index is 1.46. The van der Waals surface area contributed by atoms with Crippen LogP contribution in [0.1, 0.15) is 58.4 Å². The average Bonchev–Trinajstić information content (AvgIpc) is 2.91. The number of nitrogens with zero attached hydrogens (tertiary/aromatic N) is 2. The number of carbonyl (C=O) groups is 3. The number of piperidine rings is 2. The second-order valence-electron chi connectivity index (χ2n) is 9.51. The molecule has 186 valence electrons. The summed E-state index contributed by atoms with van der Waals surface area (Å²) in [4.78, 5) is 43.5. The van der Waals surface area contributed by atoms with E-state index in [2.05, 4.69) is 5.32 Å². The first-order chi connectivity index (χ1) is 17.0. The van der Waals surface area contributed by atoms with Gasteiger partial charge < -0.3 is 19.9 Å². The van der Waals surface area contributed by atoms with Crippen LogP contribution in [0.3, 0.4) is 0 Å². The maximum Gasteiger partial charge on any atom is 0.253 e. The van der Waals surface area contributed by atoms with Crippen LogP contribution in [0.15, 0.2) is 48.5 Å². The van der Waals surface area contributed by atoms with Crippen molar-refractivity contribution in [3.05, 3.63) is 65.2 Å². The maximum absolute atomic E-state index is 13.6. The topological polar surface area (TPSA) is 79.0 Å². The Morgan fingerprint density at radius 1 is 0.886 bits per heavy atom. The third-order valence-electron chi connectivity index (χ3n) is 7.25. The standard InChI is InChI=1S/C28H35N3O4/c1-20-8-4-5-9-24(20)26(32)29-25(28(34)30-16-6-3-7-17-30)21-14-18-31(19-15-21)27(33)22-10-12-23(35-2)13-11-22/h4-5,8-13,21,25H,3,6-7,14-19H2,1-2H3,(H,29,32). The molecule has 0 saturated carbocycles. The lowest BCUT2D eigenvalue weighted by Crippen LogP contribution is -2.55. The number of carbonyl (C=O) groups excluding carboxylic acids is 3. The Labute approximate surface area is 207 Å². The Hall–Kier alpha value is -3.35. The first kappa shape index (κ1) is 24.8. The number of amides is 3. The van der Waals surface area contributed by atoms with E-state index < -0.39 is 6.04 Å². The van der Waals surface area contributed by atoms with Crippen molar-refractivity contribution in [2.24, 2.45) is 5.92 Å². The fraction of sp³-hybridized carbons (Fsp3) is 0.464. The van der Waals surface area contributed by atoms with Gasteiger partial charge in [-0.25, -0.2) is 0 Å². The van der Waals surface area contributed by atoms with Crippen molar-refractivity contribution in [3.63, 3.8) is 0 Å². The molecule has 35 heavy (non-hydrogen) atoms. The second-order valence-corrected chi connectivity index (χ2v) is 9.51. The van der Waals surface area contributed by atoms with E-state index in [4.69, 9.17) is 4.74 Å². The van der Waals surface area contributed by atoms with Gasteiger partial charge >= 0.3 is 0 Å². The monoisotopic (exact) mass is 477 g/mol. The minimum Gasteiger partial charge on any atom is -0.497 e. The number of rotatable bonds is 6. The molecule has 1 N–H and O–H groups in total. The number of ether oxygens (including phenoxy) is 1. The van der Waals surface area contributed by atoms with Gasteiger partial charge in [0.15, 0.2) is 0 Å². The first-order valence-corrected chi connectivity index (χ1v) is 12.6. The van der Waals surface area contributed by atoms with Crippen LogP contribution in [-0.4, -0.2) is 66.9 Å². The number of methoxy groups -OCH3 is 1. The van der Waals surface area contributed by atoms with Gasteiger partial charge in [-0.1, -0.05) is 18.2 Å². The zero-order valence-corrected chi connectivity index (χ0v) is 20.7. The molecule has 7 heteroatoms. The molecule has 2 heterocycles. The third kappa shape index (κ3) is 5.84. The average molecular weight is 478 g/mol. The number of hydrogen-bond acceptors (Lipinski definition) is 4. The number of benzene rings is 2. The van der Waals surface area contributed by atoms with E-state index in [9.17, 15) is 14.4 Å². The second kappa shape index (κ2) is 11.4. The van der Waals surface area contributed by atoms with Gasteiger partial charge in [0.05, 0.1) is 7.11 Å². The SMILES string of the molecule is COc1ccc(C(=O)N2CCC(C(NC(=O)c3ccccc3C)C(=O)N3CCCCC3)CC2)cc1. The van der Waals surface area contributed by atoms with Crippen LogP contribution in [0.5, 0.6) is 5.75 Å². The van der Waals surface area contributed by atoms with Crippen molar-refractivity contribution in [1.29, 1.82) is 0 Å². The Kier molecular flexibility index (Phi) is 8.06. The molecular weight excluding hydrogens is 442 g/mol. The normalized spacial score (nSPS) is 17.5. The molecule has 4 rings (SSSR count).